The zero-order chi connectivity index (χ0) is 13.7. The smallest absolute Gasteiger partial charge is 0.162 e. The van der Waals surface area contributed by atoms with E-state index in [2.05, 4.69) is 18.1 Å². The van der Waals surface area contributed by atoms with Crippen molar-refractivity contribution in [2.45, 2.75) is 32.6 Å². The molecule has 1 heterocycles. The van der Waals surface area contributed by atoms with Crippen molar-refractivity contribution >= 4 is 5.78 Å². The number of Topliss-reactive ketones (excluding diaryl/α,β-unsaturated/α-hetero) is 1. The molecular formula is C16H20N2O. The van der Waals surface area contributed by atoms with Gasteiger partial charge in [-0.05, 0) is 25.3 Å². The number of ketones is 1. The first-order chi connectivity index (χ1) is 9.20. The molecule has 0 spiro atoms. The van der Waals surface area contributed by atoms with Crippen LogP contribution in [0.2, 0.25) is 0 Å². The molecule has 0 radical (unpaired) electrons. The van der Waals surface area contributed by atoms with Crippen LogP contribution in [0.4, 0.5) is 0 Å². The second-order valence-corrected chi connectivity index (χ2v) is 4.75. The third kappa shape index (κ3) is 3.53. The number of carbonyl (C=O) groups excluding carboxylic acids is 1. The Morgan fingerprint density at radius 3 is 2.63 bits per heavy atom. The first-order valence-electron chi connectivity index (χ1n) is 6.80. The van der Waals surface area contributed by atoms with Crippen LogP contribution in [0.3, 0.4) is 0 Å². The van der Waals surface area contributed by atoms with Crippen LogP contribution in [0.15, 0.2) is 36.4 Å². The van der Waals surface area contributed by atoms with Gasteiger partial charge >= 0.3 is 0 Å². The number of aryl methyl sites for hydroxylation is 3. The van der Waals surface area contributed by atoms with Gasteiger partial charge in [0.25, 0.3) is 0 Å². The van der Waals surface area contributed by atoms with Crippen LogP contribution in [0.5, 0.6) is 0 Å². The van der Waals surface area contributed by atoms with Crippen molar-refractivity contribution < 1.29 is 4.79 Å². The van der Waals surface area contributed by atoms with Crippen molar-refractivity contribution in [2.24, 2.45) is 7.05 Å². The maximum atomic E-state index is 12.0. The van der Waals surface area contributed by atoms with E-state index < -0.39 is 0 Å². The lowest BCUT2D eigenvalue weighted by Gasteiger charge is -2.02. The zero-order valence-electron chi connectivity index (χ0n) is 11.6. The average Bonchev–Trinajstić information content (AvgIpc) is 2.80. The fourth-order valence-electron chi connectivity index (χ4n) is 2.18. The van der Waals surface area contributed by atoms with Crippen molar-refractivity contribution in [3.63, 3.8) is 0 Å². The van der Waals surface area contributed by atoms with Gasteiger partial charge in [0.1, 0.15) is 0 Å². The highest BCUT2D eigenvalue weighted by molar-refractivity contribution is 5.95. The van der Waals surface area contributed by atoms with Crippen LogP contribution >= 0.6 is 0 Å². The molecule has 3 heteroatoms. The van der Waals surface area contributed by atoms with Gasteiger partial charge < -0.3 is 0 Å². The van der Waals surface area contributed by atoms with Crippen LogP contribution < -0.4 is 0 Å². The van der Waals surface area contributed by atoms with Gasteiger partial charge in [-0.2, -0.15) is 5.10 Å². The summed E-state index contributed by atoms with van der Waals surface area (Å²) < 4.78 is 1.92. The fraction of sp³-hybridized carbons (Fsp3) is 0.375. The van der Waals surface area contributed by atoms with Gasteiger partial charge in [0.2, 0.25) is 0 Å². The SMILES string of the molecule is CCc1cc(CCCC(=O)c2ccccc2)n(C)n1. The normalized spacial score (nSPS) is 10.6. The number of hydrogen-bond acceptors (Lipinski definition) is 2. The number of hydrogen-bond donors (Lipinski definition) is 0. The van der Waals surface area contributed by atoms with Gasteiger partial charge in [-0.25, -0.2) is 0 Å². The molecule has 0 aliphatic carbocycles. The predicted octanol–water partition coefficient (Wildman–Crippen LogP) is 3.19. The summed E-state index contributed by atoms with van der Waals surface area (Å²) >= 11 is 0. The molecule has 0 amide bonds. The summed E-state index contributed by atoms with van der Waals surface area (Å²) in [4.78, 5) is 12.0. The lowest BCUT2D eigenvalue weighted by Crippen LogP contribution is -2.02. The first-order valence-corrected chi connectivity index (χ1v) is 6.80. The Balaban J connectivity index is 1.86. The van der Waals surface area contributed by atoms with E-state index in [4.69, 9.17) is 0 Å². The molecule has 0 N–H and O–H groups in total. The summed E-state index contributed by atoms with van der Waals surface area (Å²) in [6, 6.07) is 11.6. The van der Waals surface area contributed by atoms with Crippen LogP contribution in [0.25, 0.3) is 0 Å². The summed E-state index contributed by atoms with van der Waals surface area (Å²) in [6.45, 7) is 2.10. The monoisotopic (exact) mass is 256 g/mol. The van der Waals surface area contributed by atoms with Crippen molar-refractivity contribution in [3.8, 4) is 0 Å². The average molecular weight is 256 g/mol. The zero-order valence-corrected chi connectivity index (χ0v) is 11.6. The van der Waals surface area contributed by atoms with Crippen LogP contribution in [-0.2, 0) is 19.9 Å². The summed E-state index contributed by atoms with van der Waals surface area (Å²) in [5.41, 5.74) is 3.13. The molecule has 100 valence electrons. The van der Waals surface area contributed by atoms with E-state index in [9.17, 15) is 4.79 Å². The van der Waals surface area contributed by atoms with E-state index in [1.807, 2.05) is 42.1 Å². The molecule has 1 aromatic carbocycles. The van der Waals surface area contributed by atoms with E-state index in [1.165, 1.54) is 5.69 Å². The van der Waals surface area contributed by atoms with Gasteiger partial charge in [0.05, 0.1) is 5.69 Å². The molecule has 0 bridgehead atoms. The molecule has 3 nitrogen and oxygen atoms in total. The number of aromatic nitrogens is 2. The molecule has 2 rings (SSSR count). The molecule has 0 atom stereocenters. The first kappa shape index (κ1) is 13.5. The van der Waals surface area contributed by atoms with E-state index in [0.717, 1.165) is 30.5 Å². The van der Waals surface area contributed by atoms with Crippen LogP contribution in [0, 0.1) is 0 Å². The Morgan fingerprint density at radius 1 is 1.26 bits per heavy atom. The predicted molar refractivity (Wildman–Crippen MR) is 76.3 cm³/mol. The van der Waals surface area contributed by atoms with E-state index in [-0.39, 0.29) is 5.78 Å². The van der Waals surface area contributed by atoms with E-state index >= 15 is 0 Å². The molecule has 19 heavy (non-hydrogen) atoms. The second kappa shape index (κ2) is 6.32. The summed E-state index contributed by atoms with van der Waals surface area (Å²) in [5.74, 6) is 0.221. The molecule has 0 fully saturated rings. The molecule has 0 aliphatic rings. The highest BCUT2D eigenvalue weighted by atomic mass is 16.1. The van der Waals surface area contributed by atoms with E-state index in [1.54, 1.807) is 0 Å². The van der Waals surface area contributed by atoms with Crippen molar-refractivity contribution in [3.05, 3.63) is 53.3 Å². The Bertz CT molecular complexity index is 543. The van der Waals surface area contributed by atoms with Gasteiger partial charge in [-0.15, -0.1) is 0 Å². The topological polar surface area (TPSA) is 34.9 Å². The minimum atomic E-state index is 0.221. The fourth-order valence-corrected chi connectivity index (χ4v) is 2.18. The summed E-state index contributed by atoms with van der Waals surface area (Å²) in [7, 11) is 1.97. The number of benzene rings is 1. The van der Waals surface area contributed by atoms with Crippen molar-refractivity contribution in [2.75, 3.05) is 0 Å². The van der Waals surface area contributed by atoms with Gasteiger partial charge in [-0.1, -0.05) is 37.3 Å². The van der Waals surface area contributed by atoms with Crippen molar-refractivity contribution in [1.82, 2.24) is 9.78 Å². The van der Waals surface area contributed by atoms with Crippen LogP contribution in [0.1, 0.15) is 41.5 Å². The molecule has 1 aromatic heterocycles. The standard InChI is InChI=1S/C16H20N2O/c1-3-14-12-15(18(2)17-14)10-7-11-16(19)13-8-5-4-6-9-13/h4-6,8-9,12H,3,7,10-11H2,1-2H3. The molecular weight excluding hydrogens is 236 g/mol. The minimum absolute atomic E-state index is 0.221. The molecule has 2 aromatic rings. The largest absolute Gasteiger partial charge is 0.294 e. The minimum Gasteiger partial charge on any atom is -0.294 e. The third-order valence-electron chi connectivity index (χ3n) is 3.32. The van der Waals surface area contributed by atoms with Gasteiger partial charge in [0.15, 0.2) is 5.78 Å². The highest BCUT2D eigenvalue weighted by Crippen LogP contribution is 2.10. The third-order valence-corrected chi connectivity index (χ3v) is 3.32. The van der Waals surface area contributed by atoms with Gasteiger partial charge in [-0.3, -0.25) is 9.48 Å². The lowest BCUT2D eigenvalue weighted by molar-refractivity contribution is 0.0980. The molecule has 0 unspecified atom stereocenters. The molecule has 0 aliphatic heterocycles. The highest BCUT2D eigenvalue weighted by Gasteiger charge is 2.07. The number of rotatable bonds is 6. The van der Waals surface area contributed by atoms with Gasteiger partial charge in [0, 0.05) is 24.7 Å². The Morgan fingerprint density at radius 2 is 2.00 bits per heavy atom. The maximum absolute atomic E-state index is 12.0. The summed E-state index contributed by atoms with van der Waals surface area (Å²) in [5, 5.41) is 4.42. The second-order valence-electron chi connectivity index (χ2n) is 4.75. The number of nitrogens with zero attached hydrogens (tertiary/aromatic N) is 2. The van der Waals surface area contributed by atoms with Crippen molar-refractivity contribution in [1.29, 1.82) is 0 Å². The van der Waals surface area contributed by atoms with Crippen LogP contribution in [-0.4, -0.2) is 15.6 Å². The quantitative estimate of drug-likeness (QED) is 0.744. The lowest BCUT2D eigenvalue weighted by atomic mass is 10.0. The molecule has 0 saturated carbocycles. The Labute approximate surface area is 114 Å². The van der Waals surface area contributed by atoms with E-state index in [0.29, 0.717) is 6.42 Å². The Kier molecular flexibility index (Phi) is 4.50. The maximum Gasteiger partial charge on any atom is 0.162 e. The number of carbonyl (C=O) groups is 1. The Hall–Kier alpha value is -1.90. The summed E-state index contributed by atoms with van der Waals surface area (Å²) in [6.07, 6.45) is 3.33. The molecule has 0 saturated heterocycles.